The molecular weight excluding hydrogens is 289 g/mol. The largest absolute Gasteiger partial charge is 0.369 e. The summed E-state index contributed by atoms with van der Waals surface area (Å²) >= 11 is 5.78. The molecule has 3 rings (SSSR count). The second-order valence-electron chi connectivity index (χ2n) is 4.98. The highest BCUT2D eigenvalue weighted by Crippen LogP contribution is 2.25. The van der Waals surface area contributed by atoms with E-state index >= 15 is 0 Å². The fourth-order valence-corrected chi connectivity index (χ4v) is 2.53. The van der Waals surface area contributed by atoms with E-state index in [1.165, 1.54) is 17.7 Å². The minimum absolute atomic E-state index is 0.0550. The van der Waals surface area contributed by atoms with E-state index in [9.17, 15) is 4.39 Å². The predicted octanol–water partition coefficient (Wildman–Crippen LogP) is 4.02. The van der Waals surface area contributed by atoms with Crippen molar-refractivity contribution < 1.29 is 4.39 Å². The van der Waals surface area contributed by atoms with E-state index in [-0.39, 0.29) is 5.02 Å². The molecule has 2 aromatic carbocycles. The van der Waals surface area contributed by atoms with E-state index < -0.39 is 5.82 Å². The van der Waals surface area contributed by atoms with Crippen molar-refractivity contribution >= 4 is 28.6 Å². The lowest BCUT2D eigenvalue weighted by Gasteiger charge is -2.08. The van der Waals surface area contributed by atoms with Gasteiger partial charge in [-0.25, -0.2) is 9.37 Å². The number of nitrogen functional groups attached to an aromatic ring is 1. The lowest BCUT2D eigenvalue weighted by Crippen LogP contribution is -2.04. The van der Waals surface area contributed by atoms with Crippen LogP contribution in [0.2, 0.25) is 5.02 Å². The topological polar surface area (TPSA) is 43.8 Å². The van der Waals surface area contributed by atoms with Crippen LogP contribution in [0.15, 0.2) is 36.4 Å². The summed E-state index contributed by atoms with van der Waals surface area (Å²) in [5.74, 6) is -0.113. The van der Waals surface area contributed by atoms with Crippen LogP contribution < -0.4 is 5.73 Å². The third-order valence-electron chi connectivity index (χ3n) is 3.59. The van der Waals surface area contributed by atoms with Crippen LogP contribution in [0.5, 0.6) is 0 Å². The molecule has 0 saturated carbocycles. The predicted molar refractivity (Wildman–Crippen MR) is 84.0 cm³/mol. The molecule has 0 aliphatic heterocycles. The van der Waals surface area contributed by atoms with Crippen molar-refractivity contribution in [1.29, 1.82) is 0 Å². The van der Waals surface area contributed by atoms with Crippen LogP contribution in [-0.4, -0.2) is 9.55 Å². The van der Waals surface area contributed by atoms with Gasteiger partial charge in [-0.05, 0) is 23.6 Å². The number of imidazole rings is 1. The van der Waals surface area contributed by atoms with Crippen molar-refractivity contribution in [3.63, 3.8) is 0 Å². The van der Waals surface area contributed by atoms with Gasteiger partial charge in [0, 0.05) is 6.07 Å². The third kappa shape index (κ3) is 2.59. The average molecular weight is 304 g/mol. The van der Waals surface area contributed by atoms with Gasteiger partial charge >= 0.3 is 0 Å². The molecule has 0 amide bonds. The molecular formula is C16H15ClFN3. The molecule has 1 heterocycles. The first-order chi connectivity index (χ1) is 10.1. The van der Waals surface area contributed by atoms with Crippen molar-refractivity contribution in [1.82, 2.24) is 9.55 Å². The molecule has 3 nitrogen and oxygen atoms in total. The molecule has 0 fully saturated rings. The van der Waals surface area contributed by atoms with Crippen molar-refractivity contribution in [2.75, 3.05) is 5.73 Å². The molecule has 0 bridgehead atoms. The summed E-state index contributed by atoms with van der Waals surface area (Å²) in [6.07, 6.45) is 1.00. The van der Waals surface area contributed by atoms with Crippen molar-refractivity contribution in [3.8, 4) is 0 Å². The number of fused-ring (bicyclic) bond motifs is 1. The molecule has 0 aliphatic carbocycles. The Kier molecular flexibility index (Phi) is 3.55. The number of hydrogen-bond donors (Lipinski definition) is 1. The van der Waals surface area contributed by atoms with Crippen LogP contribution in [0.4, 0.5) is 10.3 Å². The Balaban J connectivity index is 2.03. The Morgan fingerprint density at radius 2 is 1.86 bits per heavy atom. The van der Waals surface area contributed by atoms with Gasteiger partial charge < -0.3 is 10.3 Å². The van der Waals surface area contributed by atoms with E-state index in [4.69, 9.17) is 17.3 Å². The SMILES string of the molecule is CCc1ccc(Cn2c(N)nc3cc(Cl)c(F)cc32)cc1. The van der Waals surface area contributed by atoms with Crippen LogP contribution >= 0.6 is 11.6 Å². The molecule has 2 N–H and O–H groups in total. The summed E-state index contributed by atoms with van der Waals surface area (Å²) in [5, 5.41) is 0.0550. The van der Waals surface area contributed by atoms with E-state index in [0.717, 1.165) is 12.0 Å². The summed E-state index contributed by atoms with van der Waals surface area (Å²) in [5.41, 5.74) is 9.56. The molecule has 5 heteroatoms. The standard InChI is InChI=1S/C16H15ClFN3/c1-2-10-3-5-11(6-4-10)9-21-15-8-13(18)12(17)7-14(15)20-16(21)19/h3-8H,2,9H2,1H3,(H2,19,20). The highest BCUT2D eigenvalue weighted by molar-refractivity contribution is 6.31. The summed E-state index contributed by atoms with van der Waals surface area (Å²) in [6.45, 7) is 2.66. The number of anilines is 1. The average Bonchev–Trinajstić information content (AvgIpc) is 2.76. The second-order valence-corrected chi connectivity index (χ2v) is 5.39. The number of nitrogens with zero attached hydrogens (tertiary/aromatic N) is 2. The zero-order valence-electron chi connectivity index (χ0n) is 11.6. The maximum atomic E-state index is 13.7. The molecule has 3 aromatic rings. The fourth-order valence-electron chi connectivity index (χ4n) is 2.37. The lowest BCUT2D eigenvalue weighted by atomic mass is 10.1. The molecule has 0 atom stereocenters. The monoisotopic (exact) mass is 303 g/mol. The van der Waals surface area contributed by atoms with Gasteiger partial charge in [0.2, 0.25) is 5.95 Å². The molecule has 0 unspecified atom stereocenters. The zero-order valence-corrected chi connectivity index (χ0v) is 12.4. The molecule has 1 aromatic heterocycles. The maximum Gasteiger partial charge on any atom is 0.201 e. The van der Waals surface area contributed by atoms with Crippen LogP contribution in [0, 0.1) is 5.82 Å². The van der Waals surface area contributed by atoms with Gasteiger partial charge in [0.05, 0.1) is 22.6 Å². The minimum Gasteiger partial charge on any atom is -0.369 e. The summed E-state index contributed by atoms with van der Waals surface area (Å²) in [6, 6.07) is 11.2. The number of aryl methyl sites for hydroxylation is 1. The Bertz CT molecular complexity index is 793. The van der Waals surface area contributed by atoms with Gasteiger partial charge in [-0.3, -0.25) is 0 Å². The van der Waals surface area contributed by atoms with Gasteiger partial charge in [0.25, 0.3) is 0 Å². The van der Waals surface area contributed by atoms with Gasteiger partial charge in [0.1, 0.15) is 5.82 Å². The molecule has 0 spiro atoms. The van der Waals surface area contributed by atoms with E-state index in [1.807, 2.05) is 0 Å². The number of nitrogens with two attached hydrogens (primary N) is 1. The summed E-state index contributed by atoms with van der Waals surface area (Å²) in [7, 11) is 0. The Morgan fingerprint density at radius 1 is 1.19 bits per heavy atom. The molecule has 21 heavy (non-hydrogen) atoms. The summed E-state index contributed by atoms with van der Waals surface area (Å²) < 4.78 is 15.4. The van der Waals surface area contributed by atoms with Crippen molar-refractivity contribution in [2.24, 2.45) is 0 Å². The third-order valence-corrected chi connectivity index (χ3v) is 3.88. The molecule has 0 radical (unpaired) electrons. The molecule has 108 valence electrons. The van der Waals surface area contributed by atoms with Crippen LogP contribution in [-0.2, 0) is 13.0 Å². The van der Waals surface area contributed by atoms with E-state index in [1.54, 1.807) is 4.57 Å². The minimum atomic E-state index is -0.466. The van der Waals surface area contributed by atoms with Gasteiger partial charge in [-0.15, -0.1) is 0 Å². The Hall–Kier alpha value is -2.07. The van der Waals surface area contributed by atoms with E-state index in [2.05, 4.69) is 36.2 Å². The molecule has 0 aliphatic rings. The number of halogens is 2. The quantitative estimate of drug-likeness (QED) is 0.794. The van der Waals surface area contributed by atoms with Crippen LogP contribution in [0.3, 0.4) is 0 Å². The lowest BCUT2D eigenvalue weighted by molar-refractivity contribution is 0.629. The Morgan fingerprint density at radius 3 is 2.52 bits per heavy atom. The van der Waals surface area contributed by atoms with E-state index in [0.29, 0.717) is 23.5 Å². The van der Waals surface area contributed by atoms with Crippen LogP contribution in [0.1, 0.15) is 18.1 Å². The maximum absolute atomic E-state index is 13.7. The fraction of sp³-hybridized carbons (Fsp3) is 0.188. The number of aromatic nitrogens is 2. The first-order valence-electron chi connectivity index (χ1n) is 6.77. The van der Waals surface area contributed by atoms with Crippen molar-refractivity contribution in [2.45, 2.75) is 19.9 Å². The highest BCUT2D eigenvalue weighted by atomic mass is 35.5. The van der Waals surface area contributed by atoms with Gasteiger partial charge in [-0.2, -0.15) is 0 Å². The number of hydrogen-bond acceptors (Lipinski definition) is 2. The van der Waals surface area contributed by atoms with Gasteiger partial charge in [0.15, 0.2) is 0 Å². The second kappa shape index (κ2) is 5.37. The van der Waals surface area contributed by atoms with Crippen molar-refractivity contribution in [3.05, 3.63) is 58.4 Å². The van der Waals surface area contributed by atoms with Gasteiger partial charge in [-0.1, -0.05) is 42.8 Å². The number of rotatable bonds is 3. The first-order valence-corrected chi connectivity index (χ1v) is 7.15. The smallest absolute Gasteiger partial charge is 0.201 e. The summed E-state index contributed by atoms with van der Waals surface area (Å²) in [4.78, 5) is 4.23. The number of benzene rings is 2. The normalized spacial score (nSPS) is 11.2. The highest BCUT2D eigenvalue weighted by Gasteiger charge is 2.12. The van der Waals surface area contributed by atoms with Crippen LogP contribution in [0.25, 0.3) is 11.0 Å². The first kappa shape index (κ1) is 13.9. The zero-order chi connectivity index (χ0) is 15.0. The molecule has 0 saturated heterocycles. The Labute approximate surface area is 127 Å².